The molecule has 1 unspecified atom stereocenters. The monoisotopic (exact) mass is 433 g/mol. The second kappa shape index (κ2) is 9.24. The molecule has 0 aromatic heterocycles. The minimum Gasteiger partial charge on any atom is -0.392 e. The van der Waals surface area contributed by atoms with Crippen LogP contribution in [-0.2, 0) is 16.6 Å². The molecule has 2 aromatic rings. The van der Waals surface area contributed by atoms with E-state index in [9.17, 15) is 9.90 Å². The van der Waals surface area contributed by atoms with E-state index in [1.807, 2.05) is 35.2 Å². The summed E-state index contributed by atoms with van der Waals surface area (Å²) in [5, 5.41) is 14.5. The van der Waals surface area contributed by atoms with Crippen LogP contribution in [0.2, 0.25) is 0 Å². The zero-order valence-corrected chi connectivity index (χ0v) is 18.9. The second-order valence-electron chi connectivity index (χ2n) is 9.93. The Balaban J connectivity index is 1.08. The van der Waals surface area contributed by atoms with Gasteiger partial charge in [-0.05, 0) is 61.9 Å². The summed E-state index contributed by atoms with van der Waals surface area (Å²) in [5.74, 6) is 0.497. The average molecular weight is 434 g/mol. The number of hydrogen-bond acceptors (Lipinski definition) is 4. The molecule has 3 aliphatic rings. The van der Waals surface area contributed by atoms with E-state index in [-0.39, 0.29) is 17.4 Å². The molecule has 0 saturated carbocycles. The molecular formula is C27H35N3O2. The third-order valence-electron chi connectivity index (χ3n) is 8.01. The number of aliphatic hydroxyl groups is 1. The van der Waals surface area contributed by atoms with Crippen LogP contribution in [-0.4, -0.2) is 66.2 Å². The highest BCUT2D eigenvalue weighted by molar-refractivity contribution is 5.78. The number of fused-ring (bicyclic) bond motifs is 2. The maximum absolute atomic E-state index is 12.6. The molecule has 2 N–H and O–H groups in total. The number of β-amino-alcohol motifs (C(OH)–C–C–N with tert-alkyl or cyclic N) is 1. The Kier molecular flexibility index (Phi) is 6.20. The highest BCUT2D eigenvalue weighted by Gasteiger charge is 2.41. The summed E-state index contributed by atoms with van der Waals surface area (Å²) in [6.07, 6.45) is 4.27. The van der Waals surface area contributed by atoms with Crippen molar-refractivity contribution < 1.29 is 9.90 Å². The van der Waals surface area contributed by atoms with Gasteiger partial charge in [0, 0.05) is 37.3 Å². The molecule has 3 aliphatic heterocycles. The van der Waals surface area contributed by atoms with Crippen molar-refractivity contribution >= 4 is 11.6 Å². The predicted molar refractivity (Wildman–Crippen MR) is 128 cm³/mol. The van der Waals surface area contributed by atoms with Gasteiger partial charge in [0.15, 0.2) is 0 Å². The van der Waals surface area contributed by atoms with Gasteiger partial charge in [0.25, 0.3) is 0 Å². The van der Waals surface area contributed by atoms with Crippen LogP contribution in [0.5, 0.6) is 0 Å². The number of piperidine rings is 2. The Bertz CT molecular complexity index is 916. The summed E-state index contributed by atoms with van der Waals surface area (Å²) in [5.41, 5.74) is 4.12. The molecule has 0 bridgehead atoms. The van der Waals surface area contributed by atoms with Gasteiger partial charge in [-0.15, -0.1) is 0 Å². The van der Waals surface area contributed by atoms with Gasteiger partial charge in [-0.1, -0.05) is 48.5 Å². The Morgan fingerprint density at radius 3 is 2.44 bits per heavy atom. The van der Waals surface area contributed by atoms with Gasteiger partial charge in [0.1, 0.15) is 0 Å². The topological polar surface area (TPSA) is 55.8 Å². The molecule has 0 radical (unpaired) electrons. The van der Waals surface area contributed by atoms with Crippen LogP contribution in [0, 0.1) is 5.92 Å². The van der Waals surface area contributed by atoms with Gasteiger partial charge in [0.2, 0.25) is 5.91 Å². The molecule has 170 valence electrons. The number of nitrogens with zero attached hydrogens (tertiary/aromatic N) is 2. The van der Waals surface area contributed by atoms with Crippen LogP contribution in [0.1, 0.15) is 36.8 Å². The lowest BCUT2D eigenvalue weighted by Gasteiger charge is -2.41. The number of likely N-dealkylation sites (tertiary alicyclic amines) is 2. The van der Waals surface area contributed by atoms with Crippen LogP contribution in [0.4, 0.5) is 5.69 Å². The number of rotatable bonds is 5. The minimum absolute atomic E-state index is 0.205. The number of aliphatic hydroxyl groups excluding tert-OH is 1. The average Bonchev–Trinajstić information content (AvgIpc) is 3.19. The van der Waals surface area contributed by atoms with Crippen molar-refractivity contribution in [2.45, 2.75) is 43.6 Å². The number of anilines is 1. The Hall–Kier alpha value is -2.37. The van der Waals surface area contributed by atoms with Gasteiger partial charge in [-0.2, -0.15) is 0 Å². The fourth-order valence-corrected chi connectivity index (χ4v) is 5.90. The number of hydrogen-bond donors (Lipinski definition) is 2. The van der Waals surface area contributed by atoms with E-state index < -0.39 is 0 Å². The highest BCUT2D eigenvalue weighted by Crippen LogP contribution is 2.43. The van der Waals surface area contributed by atoms with E-state index in [0.29, 0.717) is 12.3 Å². The molecule has 1 atom stereocenters. The molecule has 2 fully saturated rings. The lowest BCUT2D eigenvalue weighted by molar-refractivity contribution is -0.132. The summed E-state index contributed by atoms with van der Waals surface area (Å²) < 4.78 is 0. The maximum Gasteiger partial charge on any atom is 0.226 e. The molecule has 5 nitrogen and oxygen atoms in total. The van der Waals surface area contributed by atoms with Crippen LogP contribution >= 0.6 is 0 Å². The largest absolute Gasteiger partial charge is 0.392 e. The van der Waals surface area contributed by atoms with Crippen LogP contribution in [0.15, 0.2) is 54.6 Å². The van der Waals surface area contributed by atoms with E-state index in [0.717, 1.165) is 70.5 Å². The first-order valence-corrected chi connectivity index (χ1v) is 12.2. The van der Waals surface area contributed by atoms with Crippen molar-refractivity contribution in [3.8, 4) is 0 Å². The summed E-state index contributed by atoms with van der Waals surface area (Å²) >= 11 is 0. The fourth-order valence-electron chi connectivity index (χ4n) is 5.90. The van der Waals surface area contributed by atoms with Crippen LogP contribution in [0.25, 0.3) is 0 Å². The lowest BCUT2D eigenvalue weighted by atomic mass is 9.74. The first-order valence-electron chi connectivity index (χ1n) is 12.2. The summed E-state index contributed by atoms with van der Waals surface area (Å²) in [7, 11) is 0. The fraction of sp³-hybridized carbons (Fsp3) is 0.519. The lowest BCUT2D eigenvalue weighted by Crippen LogP contribution is -2.48. The molecule has 2 aromatic carbocycles. The van der Waals surface area contributed by atoms with Crippen LogP contribution in [0.3, 0.4) is 0 Å². The third kappa shape index (κ3) is 4.41. The minimum atomic E-state index is -0.301. The quantitative estimate of drug-likeness (QED) is 0.760. The van der Waals surface area contributed by atoms with Crippen molar-refractivity contribution in [3.05, 3.63) is 65.7 Å². The first kappa shape index (κ1) is 21.5. The van der Waals surface area contributed by atoms with E-state index in [1.54, 1.807) is 0 Å². The Labute approximate surface area is 191 Å². The smallest absolute Gasteiger partial charge is 0.226 e. The Morgan fingerprint density at radius 2 is 1.69 bits per heavy atom. The molecule has 0 aliphatic carbocycles. The number of para-hydroxylation sites is 1. The zero-order valence-electron chi connectivity index (χ0n) is 18.9. The summed E-state index contributed by atoms with van der Waals surface area (Å²) in [6, 6.07) is 18.7. The van der Waals surface area contributed by atoms with E-state index in [4.69, 9.17) is 0 Å². The van der Waals surface area contributed by atoms with Crippen molar-refractivity contribution in [3.63, 3.8) is 0 Å². The molecule has 1 spiro atoms. The molecule has 5 rings (SSSR count). The van der Waals surface area contributed by atoms with Crippen molar-refractivity contribution in [1.29, 1.82) is 0 Å². The second-order valence-corrected chi connectivity index (χ2v) is 9.93. The van der Waals surface area contributed by atoms with E-state index in [1.165, 1.54) is 11.3 Å². The first-order chi connectivity index (χ1) is 15.6. The normalized spacial score (nSPS) is 21.8. The zero-order chi connectivity index (χ0) is 22.0. The van der Waals surface area contributed by atoms with E-state index in [2.05, 4.69) is 34.5 Å². The predicted octanol–water partition coefficient (Wildman–Crippen LogP) is 3.29. The standard InChI is InChI=1S/C27H35N3O2/c31-25(22-10-14-30(15-11-22)26(32)18-21-6-2-1-3-7-21)19-29-16-12-27(13-17-29)20-28-24-9-5-4-8-23(24)27/h1-9,22,25,28,31H,10-20H2. The highest BCUT2D eigenvalue weighted by atomic mass is 16.3. The molecule has 3 heterocycles. The molecular weight excluding hydrogens is 398 g/mol. The van der Waals surface area contributed by atoms with Gasteiger partial charge < -0.3 is 20.2 Å². The van der Waals surface area contributed by atoms with Crippen LogP contribution < -0.4 is 5.32 Å². The third-order valence-corrected chi connectivity index (χ3v) is 8.01. The van der Waals surface area contributed by atoms with E-state index >= 15 is 0 Å². The van der Waals surface area contributed by atoms with Gasteiger partial charge in [-0.25, -0.2) is 0 Å². The number of nitrogens with one attached hydrogen (secondary N) is 1. The molecule has 32 heavy (non-hydrogen) atoms. The van der Waals surface area contributed by atoms with Crippen molar-refractivity contribution in [2.75, 3.05) is 44.6 Å². The van der Waals surface area contributed by atoms with Gasteiger partial charge in [-0.3, -0.25) is 4.79 Å². The molecule has 1 amide bonds. The summed E-state index contributed by atoms with van der Waals surface area (Å²) in [4.78, 5) is 17.0. The van der Waals surface area contributed by atoms with Gasteiger partial charge >= 0.3 is 0 Å². The Morgan fingerprint density at radius 1 is 1.00 bits per heavy atom. The van der Waals surface area contributed by atoms with Crippen molar-refractivity contribution in [2.24, 2.45) is 5.92 Å². The van der Waals surface area contributed by atoms with Crippen molar-refractivity contribution in [1.82, 2.24) is 9.80 Å². The number of carbonyl (C=O) groups is 1. The summed E-state index contributed by atoms with van der Waals surface area (Å²) in [6.45, 7) is 5.41. The molecule has 2 saturated heterocycles. The number of carbonyl (C=O) groups excluding carboxylic acids is 1. The SMILES string of the molecule is O=C(Cc1ccccc1)N1CCC(C(O)CN2CCC3(CC2)CNc2ccccc23)CC1. The van der Waals surface area contributed by atoms with Gasteiger partial charge in [0.05, 0.1) is 12.5 Å². The number of amides is 1. The number of benzene rings is 2. The molecule has 5 heteroatoms. The maximum atomic E-state index is 12.6.